The Morgan fingerprint density at radius 3 is 2.76 bits per heavy atom. The summed E-state index contributed by atoms with van der Waals surface area (Å²) in [5.74, 6) is 0.576. The number of rotatable bonds is 4. The Balaban J connectivity index is 2.47. The molecule has 5 N–H and O–H groups in total. The fraction of sp³-hybridized carbons (Fsp3) is 0.167. The van der Waals surface area contributed by atoms with Crippen molar-refractivity contribution in [3.05, 3.63) is 29.0 Å². The van der Waals surface area contributed by atoms with Crippen LogP contribution in [0.1, 0.15) is 0 Å². The zero-order valence-corrected chi connectivity index (χ0v) is 10.0. The summed E-state index contributed by atoms with van der Waals surface area (Å²) in [5, 5.41) is 12.8. The van der Waals surface area contributed by atoms with Gasteiger partial charge in [-0.1, -0.05) is 0 Å². The van der Waals surface area contributed by atoms with E-state index in [9.17, 15) is 0 Å². The van der Waals surface area contributed by atoms with Gasteiger partial charge in [0.05, 0.1) is 12.3 Å². The number of nitrogens with two attached hydrogens (primary N) is 2. The Hall–Kier alpha value is -1.72. The molecular formula is C12H14N2O2S. The van der Waals surface area contributed by atoms with Crippen molar-refractivity contribution < 1.29 is 9.84 Å². The van der Waals surface area contributed by atoms with Crippen LogP contribution in [0.2, 0.25) is 0 Å². The molecule has 2 rings (SSSR count). The molecule has 0 bridgehead atoms. The molecule has 2 aromatic rings. The summed E-state index contributed by atoms with van der Waals surface area (Å²) in [5.41, 5.74) is 14.6. The van der Waals surface area contributed by atoms with Gasteiger partial charge >= 0.3 is 0 Å². The second-order valence-corrected chi connectivity index (χ2v) is 4.35. The van der Waals surface area contributed by atoms with E-state index in [1.807, 2.05) is 22.9 Å². The summed E-state index contributed by atoms with van der Waals surface area (Å²) in [6, 6.07) is 5.46. The molecule has 0 aliphatic heterocycles. The van der Waals surface area contributed by atoms with Gasteiger partial charge in [0.25, 0.3) is 0 Å². The molecular weight excluding hydrogens is 236 g/mol. The van der Waals surface area contributed by atoms with Gasteiger partial charge in [-0.3, -0.25) is 0 Å². The molecule has 0 fully saturated rings. The Kier molecular flexibility index (Phi) is 3.51. The minimum absolute atomic E-state index is 0.0487. The quantitative estimate of drug-likeness (QED) is 0.724. The van der Waals surface area contributed by atoms with Crippen molar-refractivity contribution in [1.82, 2.24) is 0 Å². The van der Waals surface area contributed by atoms with Gasteiger partial charge in [0.1, 0.15) is 12.4 Å². The molecule has 1 aromatic carbocycles. The second-order valence-electron chi connectivity index (χ2n) is 3.57. The van der Waals surface area contributed by atoms with Gasteiger partial charge in [-0.2, -0.15) is 11.3 Å². The molecule has 0 amide bonds. The summed E-state index contributed by atoms with van der Waals surface area (Å²) in [4.78, 5) is 0. The first-order valence-corrected chi connectivity index (χ1v) is 6.12. The van der Waals surface area contributed by atoms with Crippen molar-refractivity contribution in [1.29, 1.82) is 0 Å². The summed E-state index contributed by atoms with van der Waals surface area (Å²) in [6.45, 7) is 0.165. The molecule has 0 saturated carbocycles. The minimum atomic E-state index is -0.0487. The van der Waals surface area contributed by atoms with Crippen LogP contribution in [-0.2, 0) is 0 Å². The molecule has 0 spiro atoms. The lowest BCUT2D eigenvalue weighted by atomic mass is 10.1. The topological polar surface area (TPSA) is 81.5 Å². The van der Waals surface area contributed by atoms with Gasteiger partial charge in [-0.25, -0.2) is 0 Å². The molecule has 5 heteroatoms. The van der Waals surface area contributed by atoms with Crippen molar-refractivity contribution in [2.24, 2.45) is 0 Å². The standard InChI is InChI=1S/C12H14N2O2S/c13-9-5-10(8-1-4-17-7-8)12(11(14)6-9)16-3-2-15/h1,4-7,15H,2-3,13-14H2. The number of anilines is 2. The number of hydrogen-bond acceptors (Lipinski definition) is 5. The van der Waals surface area contributed by atoms with E-state index >= 15 is 0 Å². The lowest BCUT2D eigenvalue weighted by Crippen LogP contribution is -2.05. The summed E-state index contributed by atoms with van der Waals surface area (Å²) in [6.07, 6.45) is 0. The Morgan fingerprint density at radius 2 is 2.12 bits per heavy atom. The highest BCUT2D eigenvalue weighted by Crippen LogP contribution is 2.38. The van der Waals surface area contributed by atoms with Crippen molar-refractivity contribution in [2.45, 2.75) is 0 Å². The van der Waals surface area contributed by atoms with Crippen LogP contribution in [-0.4, -0.2) is 18.3 Å². The van der Waals surface area contributed by atoms with Gasteiger partial charge in [0.15, 0.2) is 0 Å². The van der Waals surface area contributed by atoms with Crippen molar-refractivity contribution >= 4 is 22.7 Å². The number of hydrogen-bond donors (Lipinski definition) is 3. The molecule has 4 nitrogen and oxygen atoms in total. The number of aliphatic hydroxyl groups excluding tert-OH is 1. The Labute approximate surface area is 103 Å². The first-order chi connectivity index (χ1) is 8.22. The van der Waals surface area contributed by atoms with Crippen molar-refractivity contribution in [3.63, 3.8) is 0 Å². The number of benzene rings is 1. The summed E-state index contributed by atoms with van der Waals surface area (Å²) < 4.78 is 5.47. The second kappa shape index (κ2) is 5.07. The van der Waals surface area contributed by atoms with E-state index in [-0.39, 0.29) is 13.2 Å². The van der Waals surface area contributed by atoms with Crippen LogP contribution >= 0.6 is 11.3 Å². The minimum Gasteiger partial charge on any atom is -0.488 e. The van der Waals surface area contributed by atoms with Gasteiger partial charge < -0.3 is 21.3 Å². The van der Waals surface area contributed by atoms with E-state index in [4.69, 9.17) is 21.3 Å². The van der Waals surface area contributed by atoms with Crippen LogP contribution in [0, 0.1) is 0 Å². The molecule has 0 radical (unpaired) electrons. The molecule has 1 heterocycles. The van der Waals surface area contributed by atoms with Crippen LogP contribution in [0.15, 0.2) is 29.0 Å². The highest BCUT2D eigenvalue weighted by molar-refractivity contribution is 7.08. The first-order valence-electron chi connectivity index (χ1n) is 5.17. The number of thiophene rings is 1. The highest BCUT2D eigenvalue weighted by Gasteiger charge is 2.11. The number of ether oxygens (including phenoxy) is 1. The average Bonchev–Trinajstić information content (AvgIpc) is 2.80. The fourth-order valence-corrected chi connectivity index (χ4v) is 2.27. The summed E-state index contributed by atoms with van der Waals surface area (Å²) >= 11 is 1.59. The molecule has 0 aliphatic carbocycles. The van der Waals surface area contributed by atoms with Crippen LogP contribution in [0.3, 0.4) is 0 Å². The molecule has 90 valence electrons. The molecule has 0 atom stereocenters. The van der Waals surface area contributed by atoms with E-state index in [0.29, 0.717) is 17.1 Å². The van der Waals surface area contributed by atoms with E-state index in [0.717, 1.165) is 11.1 Å². The molecule has 0 saturated heterocycles. The third kappa shape index (κ3) is 2.51. The monoisotopic (exact) mass is 250 g/mol. The van der Waals surface area contributed by atoms with Crippen LogP contribution in [0.5, 0.6) is 5.75 Å². The van der Waals surface area contributed by atoms with Gasteiger partial charge in [-0.05, 0) is 34.5 Å². The average molecular weight is 250 g/mol. The molecule has 17 heavy (non-hydrogen) atoms. The largest absolute Gasteiger partial charge is 0.488 e. The third-order valence-electron chi connectivity index (χ3n) is 2.31. The first kappa shape index (κ1) is 11.8. The van der Waals surface area contributed by atoms with Crippen LogP contribution < -0.4 is 16.2 Å². The maximum absolute atomic E-state index is 8.81. The van der Waals surface area contributed by atoms with E-state index in [1.54, 1.807) is 17.4 Å². The van der Waals surface area contributed by atoms with Crippen LogP contribution in [0.4, 0.5) is 11.4 Å². The van der Waals surface area contributed by atoms with E-state index in [2.05, 4.69) is 0 Å². The lowest BCUT2D eigenvalue weighted by Gasteiger charge is -2.13. The lowest BCUT2D eigenvalue weighted by molar-refractivity contribution is 0.202. The zero-order chi connectivity index (χ0) is 12.3. The van der Waals surface area contributed by atoms with E-state index in [1.165, 1.54) is 0 Å². The molecule has 0 aliphatic rings. The fourth-order valence-electron chi connectivity index (χ4n) is 1.62. The normalized spacial score (nSPS) is 10.4. The van der Waals surface area contributed by atoms with Gasteiger partial charge in [0.2, 0.25) is 0 Å². The maximum Gasteiger partial charge on any atom is 0.150 e. The van der Waals surface area contributed by atoms with Gasteiger partial charge in [-0.15, -0.1) is 0 Å². The smallest absolute Gasteiger partial charge is 0.150 e. The molecule has 0 unspecified atom stereocenters. The predicted octanol–water partition coefficient (Wildman–Crippen LogP) is 1.95. The maximum atomic E-state index is 8.81. The summed E-state index contributed by atoms with van der Waals surface area (Å²) in [7, 11) is 0. The van der Waals surface area contributed by atoms with Crippen LogP contribution in [0.25, 0.3) is 11.1 Å². The Morgan fingerprint density at radius 1 is 1.29 bits per heavy atom. The predicted molar refractivity (Wildman–Crippen MR) is 71.2 cm³/mol. The SMILES string of the molecule is Nc1cc(N)c(OCCO)c(-c2ccsc2)c1. The van der Waals surface area contributed by atoms with E-state index < -0.39 is 0 Å². The van der Waals surface area contributed by atoms with Gasteiger partial charge in [0, 0.05) is 11.3 Å². The van der Waals surface area contributed by atoms with Crippen molar-refractivity contribution in [2.75, 3.05) is 24.7 Å². The highest BCUT2D eigenvalue weighted by atomic mass is 32.1. The Bertz CT molecular complexity index is 497. The zero-order valence-electron chi connectivity index (χ0n) is 9.22. The number of nitrogen functional groups attached to an aromatic ring is 2. The number of aliphatic hydroxyl groups is 1. The molecule has 1 aromatic heterocycles. The van der Waals surface area contributed by atoms with Crippen molar-refractivity contribution in [3.8, 4) is 16.9 Å². The third-order valence-corrected chi connectivity index (χ3v) is 2.99.